The van der Waals surface area contributed by atoms with E-state index in [1.165, 1.54) is 6.07 Å². The van der Waals surface area contributed by atoms with Gasteiger partial charge in [0.1, 0.15) is 11.6 Å². The van der Waals surface area contributed by atoms with E-state index >= 15 is 0 Å². The maximum absolute atomic E-state index is 13.3. The van der Waals surface area contributed by atoms with Crippen LogP contribution in [0.1, 0.15) is 36.8 Å². The van der Waals surface area contributed by atoms with E-state index < -0.39 is 101 Å². The number of carboxylic acids is 3. The number of nitrogens with zero attached hydrogens (tertiary/aromatic N) is 1. The number of hydrogen-bond acceptors (Lipinski definition) is 12. The van der Waals surface area contributed by atoms with Gasteiger partial charge in [-0.15, -0.1) is 0 Å². The Morgan fingerprint density at radius 2 is 1.67 bits per heavy atom. The average Bonchev–Trinajstić information content (AvgIpc) is 3.28. The number of hydrogen-bond donors (Lipinski definition) is 6. The number of carbonyl (C=O) groups excluding carboxylic acids is 2. The van der Waals surface area contributed by atoms with Gasteiger partial charge in [-0.3, -0.25) is 14.4 Å². The number of rotatable bonds is 8. The fourth-order valence-electron chi connectivity index (χ4n) is 8.11. The molecular formula is C27H28F3N3O12. The normalized spacial score (nSPS) is 29.2. The molecule has 1 fully saturated rings. The Balaban J connectivity index is 1.79. The third kappa shape index (κ3) is 4.18. The third-order valence-corrected chi connectivity index (χ3v) is 9.79. The minimum absolute atomic E-state index is 0.0292. The average molecular weight is 644 g/mol. The Kier molecular flexibility index (Phi) is 7.14. The standard InChI is InChI=1S/C27H28F3N3O12/c1-33-7-6-23-17-11-2-3-13(34)18(17)43-19(23)12(24(31,9-15(35)36)21(41)44-45-22(42)27(28,29)30)4-5-25(23,14(33)8-11)26(32,20(39)40)10-16(37)38/h2-4,14,19,34H,5-10,31-32H2,1H3,(H,35,36)(H,37,38)(H,39,40)/t14-,19+,23+,24?,25-,26?/m1/s1. The molecule has 18 heteroatoms. The van der Waals surface area contributed by atoms with Gasteiger partial charge in [-0.1, -0.05) is 12.1 Å². The molecule has 1 aromatic carbocycles. The molecule has 2 heterocycles. The smallest absolute Gasteiger partial charge is 0.495 e. The highest BCUT2D eigenvalue weighted by atomic mass is 19.4. The molecule has 244 valence electrons. The van der Waals surface area contributed by atoms with Gasteiger partial charge in [-0.25, -0.2) is 19.4 Å². The Morgan fingerprint density at radius 1 is 1.04 bits per heavy atom. The maximum atomic E-state index is 13.3. The lowest BCUT2D eigenvalue weighted by molar-refractivity contribution is -0.288. The molecular weight excluding hydrogens is 615 g/mol. The SMILES string of the molecule is CN1CC[C@]23c4c5ccc(O)c4O[C@H]2C(C(N)(CC(=O)O)C(=O)OOC(=O)C(F)(F)F)=CC[C@@]3(C(N)(CC(=O)O)C(=O)O)[C@H]1C5. The second-order valence-corrected chi connectivity index (χ2v) is 11.8. The van der Waals surface area contributed by atoms with E-state index in [4.69, 9.17) is 16.2 Å². The molecule has 0 amide bonds. The largest absolute Gasteiger partial charge is 0.504 e. The molecule has 6 atom stereocenters. The maximum Gasteiger partial charge on any atom is 0.495 e. The molecule has 15 nitrogen and oxygen atoms in total. The molecule has 4 aliphatic rings. The number of aromatic hydroxyl groups is 1. The Labute approximate surface area is 251 Å². The second kappa shape index (κ2) is 10.0. The number of aliphatic carboxylic acids is 3. The molecule has 2 unspecified atom stereocenters. The van der Waals surface area contributed by atoms with Crippen LogP contribution in [0.5, 0.6) is 11.5 Å². The Morgan fingerprint density at radius 3 is 2.24 bits per heavy atom. The first kappa shape index (κ1) is 32.0. The first-order chi connectivity index (χ1) is 20.8. The molecule has 0 saturated carbocycles. The summed E-state index contributed by atoms with van der Waals surface area (Å²) in [6, 6.07) is 2.07. The molecule has 2 aliphatic carbocycles. The van der Waals surface area contributed by atoms with Crippen LogP contribution in [-0.4, -0.2) is 98.2 Å². The van der Waals surface area contributed by atoms with Crippen molar-refractivity contribution in [3.8, 4) is 11.5 Å². The van der Waals surface area contributed by atoms with E-state index in [2.05, 4.69) is 9.78 Å². The van der Waals surface area contributed by atoms with Crippen LogP contribution in [0.4, 0.5) is 13.2 Å². The minimum Gasteiger partial charge on any atom is -0.504 e. The van der Waals surface area contributed by atoms with Gasteiger partial charge in [0.05, 0.1) is 18.3 Å². The summed E-state index contributed by atoms with van der Waals surface area (Å²) in [6.45, 7) is 0.223. The zero-order valence-electron chi connectivity index (χ0n) is 23.4. The van der Waals surface area contributed by atoms with Crippen molar-refractivity contribution in [1.29, 1.82) is 0 Å². The van der Waals surface area contributed by atoms with Crippen molar-refractivity contribution < 1.29 is 72.1 Å². The van der Waals surface area contributed by atoms with Gasteiger partial charge in [-0.2, -0.15) is 13.2 Å². The lowest BCUT2D eigenvalue weighted by Crippen LogP contribution is -2.82. The molecule has 0 radical (unpaired) electrons. The molecule has 0 aromatic heterocycles. The van der Waals surface area contributed by atoms with Crippen LogP contribution in [0, 0.1) is 5.41 Å². The summed E-state index contributed by atoms with van der Waals surface area (Å²) < 4.78 is 44.4. The van der Waals surface area contributed by atoms with E-state index in [1.807, 2.05) is 0 Å². The summed E-state index contributed by atoms with van der Waals surface area (Å²) in [5.41, 5.74) is 4.56. The van der Waals surface area contributed by atoms with Gasteiger partial charge in [0.15, 0.2) is 17.0 Å². The van der Waals surface area contributed by atoms with Crippen LogP contribution in [-0.2, 0) is 45.6 Å². The van der Waals surface area contributed by atoms with Crippen LogP contribution in [0.15, 0.2) is 23.8 Å². The Bertz CT molecular complexity index is 1560. The molecule has 1 aromatic rings. The number of nitrogens with two attached hydrogens (primary N) is 2. The van der Waals surface area contributed by atoms with Gasteiger partial charge in [0, 0.05) is 17.0 Å². The van der Waals surface area contributed by atoms with E-state index in [1.54, 1.807) is 18.0 Å². The highest BCUT2D eigenvalue weighted by Gasteiger charge is 2.79. The highest BCUT2D eigenvalue weighted by molar-refractivity contribution is 5.92. The van der Waals surface area contributed by atoms with Crippen molar-refractivity contribution in [2.24, 2.45) is 16.9 Å². The van der Waals surface area contributed by atoms with E-state index in [0.29, 0.717) is 5.56 Å². The first-order valence-electron chi connectivity index (χ1n) is 13.5. The van der Waals surface area contributed by atoms with Crippen LogP contribution in [0.25, 0.3) is 0 Å². The van der Waals surface area contributed by atoms with Gasteiger partial charge in [0.25, 0.3) is 0 Å². The summed E-state index contributed by atoms with van der Waals surface area (Å²) >= 11 is 0. The van der Waals surface area contributed by atoms with Crippen molar-refractivity contribution >= 4 is 29.8 Å². The van der Waals surface area contributed by atoms with Gasteiger partial charge in [-0.05, 0) is 50.1 Å². The molecule has 5 rings (SSSR count). The number of carboxylic acid groups (broad SMARTS) is 3. The summed E-state index contributed by atoms with van der Waals surface area (Å²) in [5, 5.41) is 41.1. The number of benzene rings is 1. The summed E-state index contributed by atoms with van der Waals surface area (Å²) in [7, 11) is 1.68. The lowest BCUT2D eigenvalue weighted by Gasteiger charge is -2.69. The van der Waals surface area contributed by atoms with Gasteiger partial charge in [0.2, 0.25) is 0 Å². The molecule has 8 N–H and O–H groups in total. The van der Waals surface area contributed by atoms with Crippen LogP contribution in [0.3, 0.4) is 0 Å². The zero-order chi connectivity index (χ0) is 33.5. The third-order valence-electron chi connectivity index (χ3n) is 9.79. The van der Waals surface area contributed by atoms with E-state index in [-0.39, 0.29) is 30.7 Å². The van der Waals surface area contributed by atoms with E-state index in [0.717, 1.165) is 6.08 Å². The number of halogens is 3. The molecule has 1 spiro atoms. The zero-order valence-corrected chi connectivity index (χ0v) is 23.4. The first-order valence-corrected chi connectivity index (χ1v) is 13.5. The van der Waals surface area contributed by atoms with Crippen LogP contribution >= 0.6 is 0 Å². The number of likely N-dealkylation sites (N-methyl/N-ethyl adjacent to an activating group) is 1. The topological polar surface area (TPSA) is 249 Å². The number of phenols is 1. The predicted octanol–water partition coefficient (Wildman–Crippen LogP) is -0.0396. The Hall–Kier alpha value is -4.42. The molecule has 2 aliphatic heterocycles. The highest BCUT2D eigenvalue weighted by Crippen LogP contribution is 2.72. The van der Waals surface area contributed by atoms with Crippen molar-refractivity contribution in [3.05, 3.63) is 34.9 Å². The van der Waals surface area contributed by atoms with Gasteiger partial charge >= 0.3 is 36.0 Å². The number of ether oxygens (including phenoxy) is 1. The number of likely N-dealkylation sites (tertiary alicyclic amines) is 1. The second-order valence-electron chi connectivity index (χ2n) is 11.8. The summed E-state index contributed by atoms with van der Waals surface area (Å²) in [5.74, 6) is -10.4. The van der Waals surface area contributed by atoms with Crippen molar-refractivity contribution in [2.45, 2.75) is 66.9 Å². The van der Waals surface area contributed by atoms with Crippen LogP contribution in [0.2, 0.25) is 0 Å². The van der Waals surface area contributed by atoms with Crippen molar-refractivity contribution in [2.75, 3.05) is 13.6 Å². The summed E-state index contributed by atoms with van der Waals surface area (Å²) in [6.07, 6.45) is -8.80. The van der Waals surface area contributed by atoms with Crippen molar-refractivity contribution in [3.63, 3.8) is 0 Å². The van der Waals surface area contributed by atoms with E-state index in [9.17, 15) is 57.6 Å². The van der Waals surface area contributed by atoms with Crippen molar-refractivity contribution in [1.82, 2.24) is 4.90 Å². The van der Waals surface area contributed by atoms with Crippen LogP contribution < -0.4 is 16.2 Å². The van der Waals surface area contributed by atoms with Gasteiger partial charge < -0.3 is 41.5 Å². The fraction of sp³-hybridized carbons (Fsp3) is 0.519. The number of carbonyl (C=O) groups is 5. The monoisotopic (exact) mass is 643 g/mol. The molecule has 45 heavy (non-hydrogen) atoms. The number of allylic oxidation sites excluding steroid dienone is 1. The molecule has 1 saturated heterocycles. The predicted molar refractivity (Wildman–Crippen MR) is 138 cm³/mol. The quantitative estimate of drug-likeness (QED) is 0.124. The number of phenolic OH excluding ortho intramolecular Hbond substituents is 1. The number of piperidine rings is 1. The summed E-state index contributed by atoms with van der Waals surface area (Å²) in [4.78, 5) is 71.3. The lowest BCUT2D eigenvalue weighted by atomic mass is 9.38. The fourth-order valence-corrected chi connectivity index (χ4v) is 8.11. The minimum atomic E-state index is -5.59. The number of alkyl halides is 3. The molecule has 2 bridgehead atoms.